The monoisotopic (exact) mass is 506 g/mol. The number of hydrogen-bond donors (Lipinski definition) is 2. The molecule has 1 heterocycles. The van der Waals surface area contributed by atoms with E-state index >= 15 is 0 Å². The first-order chi connectivity index (χ1) is 16.1. The van der Waals surface area contributed by atoms with Crippen molar-refractivity contribution in [1.82, 2.24) is 5.32 Å². The van der Waals surface area contributed by atoms with E-state index in [0.717, 1.165) is 40.8 Å². The normalized spacial score (nSPS) is 18.5. The van der Waals surface area contributed by atoms with E-state index < -0.39 is 23.6 Å². The van der Waals surface area contributed by atoms with Gasteiger partial charge >= 0.3 is 6.18 Å². The molecular formula is C25H22ClF3N2O2S. The number of carbonyl (C=O) groups is 2. The molecule has 2 aromatic carbocycles. The Labute approximate surface area is 204 Å². The molecule has 34 heavy (non-hydrogen) atoms. The van der Waals surface area contributed by atoms with E-state index in [1.165, 1.54) is 0 Å². The van der Waals surface area contributed by atoms with Gasteiger partial charge in [0.05, 0.1) is 16.3 Å². The maximum absolute atomic E-state index is 13.5. The molecule has 4 nitrogen and oxygen atoms in total. The van der Waals surface area contributed by atoms with Crippen LogP contribution in [0.25, 0.3) is 0 Å². The number of benzene rings is 2. The average molecular weight is 507 g/mol. The summed E-state index contributed by atoms with van der Waals surface area (Å²) in [5.74, 6) is -1.29. The first-order valence-corrected chi connectivity index (χ1v) is 12.3. The Hall–Kier alpha value is -2.71. The van der Waals surface area contributed by atoms with Gasteiger partial charge in [0.25, 0.3) is 5.91 Å². The van der Waals surface area contributed by atoms with Gasteiger partial charge in [0, 0.05) is 39.8 Å². The molecule has 1 amide bonds. The first kappa shape index (κ1) is 24.4. The first-order valence-electron chi connectivity index (χ1n) is 10.7. The van der Waals surface area contributed by atoms with Gasteiger partial charge in [-0.1, -0.05) is 23.7 Å². The van der Waals surface area contributed by atoms with E-state index in [9.17, 15) is 22.8 Å². The van der Waals surface area contributed by atoms with Gasteiger partial charge in [-0.25, -0.2) is 0 Å². The summed E-state index contributed by atoms with van der Waals surface area (Å²) in [4.78, 5) is 27.5. The van der Waals surface area contributed by atoms with Gasteiger partial charge in [-0.15, -0.1) is 11.8 Å². The highest BCUT2D eigenvalue weighted by atomic mass is 35.5. The van der Waals surface area contributed by atoms with E-state index in [0.29, 0.717) is 24.1 Å². The number of anilines is 1. The lowest BCUT2D eigenvalue weighted by Gasteiger charge is -2.34. The van der Waals surface area contributed by atoms with Crippen LogP contribution in [0.1, 0.15) is 43.2 Å². The fourth-order valence-electron chi connectivity index (χ4n) is 4.40. The van der Waals surface area contributed by atoms with Crippen LogP contribution in [0, 0.1) is 0 Å². The van der Waals surface area contributed by atoms with Crippen LogP contribution in [0.3, 0.4) is 0 Å². The molecule has 0 radical (unpaired) electrons. The number of amides is 1. The summed E-state index contributed by atoms with van der Waals surface area (Å²) in [5.41, 5.74) is 1.86. The third-order valence-electron chi connectivity index (χ3n) is 6.01. The largest absolute Gasteiger partial charge is 0.416 e. The minimum Gasteiger partial charge on any atom is -0.362 e. The molecule has 0 saturated carbocycles. The van der Waals surface area contributed by atoms with Crippen LogP contribution >= 0.6 is 23.4 Å². The third kappa shape index (κ3) is 4.74. The minimum atomic E-state index is -4.58. The SMILES string of the molecule is CSc1ccc([C@@H]2C(C(=O)Nc3cc(C(F)(F)F)ccc3Cl)=C(C)NC3=C2C(=O)CCC3)cc1. The van der Waals surface area contributed by atoms with Gasteiger partial charge in [0.15, 0.2) is 5.78 Å². The van der Waals surface area contributed by atoms with Crippen molar-refractivity contribution in [2.24, 2.45) is 0 Å². The van der Waals surface area contributed by atoms with Crippen molar-refractivity contribution in [3.05, 3.63) is 81.2 Å². The lowest BCUT2D eigenvalue weighted by molar-refractivity contribution is -0.137. The second-order valence-corrected chi connectivity index (χ2v) is 9.47. The maximum Gasteiger partial charge on any atom is 0.416 e. The molecule has 0 spiro atoms. The van der Waals surface area contributed by atoms with Crippen LogP contribution in [-0.2, 0) is 15.8 Å². The van der Waals surface area contributed by atoms with Crippen molar-refractivity contribution in [2.75, 3.05) is 11.6 Å². The number of hydrogen-bond acceptors (Lipinski definition) is 4. The molecule has 2 aliphatic rings. The number of thioether (sulfide) groups is 1. The molecule has 0 aromatic heterocycles. The van der Waals surface area contributed by atoms with Gasteiger partial charge < -0.3 is 10.6 Å². The molecule has 178 valence electrons. The Bertz CT molecular complexity index is 1220. The summed E-state index contributed by atoms with van der Waals surface area (Å²) in [7, 11) is 0. The van der Waals surface area contributed by atoms with E-state index in [4.69, 9.17) is 11.6 Å². The van der Waals surface area contributed by atoms with Crippen LogP contribution in [0.15, 0.2) is 69.9 Å². The third-order valence-corrected chi connectivity index (χ3v) is 7.08. The predicted octanol–water partition coefficient (Wildman–Crippen LogP) is 6.69. The molecule has 1 aliphatic carbocycles. The molecular weight excluding hydrogens is 485 g/mol. The van der Waals surface area contributed by atoms with Gasteiger partial charge in [-0.3, -0.25) is 9.59 Å². The van der Waals surface area contributed by atoms with Crippen LogP contribution in [0.5, 0.6) is 0 Å². The predicted molar refractivity (Wildman–Crippen MR) is 128 cm³/mol. The Morgan fingerprint density at radius 2 is 1.85 bits per heavy atom. The summed E-state index contributed by atoms with van der Waals surface area (Å²) < 4.78 is 39.6. The fourth-order valence-corrected chi connectivity index (χ4v) is 4.97. The zero-order valence-electron chi connectivity index (χ0n) is 18.5. The number of alkyl halides is 3. The Balaban J connectivity index is 1.77. The van der Waals surface area contributed by atoms with Crippen molar-refractivity contribution in [3.8, 4) is 0 Å². The highest BCUT2D eigenvalue weighted by Gasteiger charge is 2.39. The minimum absolute atomic E-state index is 0.0158. The molecule has 1 aliphatic heterocycles. The second kappa shape index (κ2) is 9.50. The Kier molecular flexibility index (Phi) is 6.82. The number of nitrogens with one attached hydrogen (secondary N) is 2. The topological polar surface area (TPSA) is 58.2 Å². The fraction of sp³-hybridized carbons (Fsp3) is 0.280. The quantitative estimate of drug-likeness (QED) is 0.454. The number of Topliss-reactive ketones (excluding diaryl/α,β-unsaturated/α-hetero) is 1. The molecule has 0 bridgehead atoms. The van der Waals surface area contributed by atoms with Crippen LogP contribution < -0.4 is 10.6 Å². The van der Waals surface area contributed by atoms with Crippen molar-refractivity contribution in [2.45, 2.75) is 43.2 Å². The van der Waals surface area contributed by atoms with E-state index in [2.05, 4.69) is 10.6 Å². The van der Waals surface area contributed by atoms with E-state index in [-0.39, 0.29) is 22.1 Å². The van der Waals surface area contributed by atoms with Crippen LogP contribution in [0.2, 0.25) is 5.02 Å². The lowest BCUT2D eigenvalue weighted by Crippen LogP contribution is -2.35. The average Bonchev–Trinajstić information content (AvgIpc) is 2.79. The maximum atomic E-state index is 13.5. The summed E-state index contributed by atoms with van der Waals surface area (Å²) >= 11 is 7.68. The van der Waals surface area contributed by atoms with Crippen molar-refractivity contribution in [3.63, 3.8) is 0 Å². The lowest BCUT2D eigenvalue weighted by atomic mass is 9.75. The number of allylic oxidation sites excluding steroid dienone is 3. The van der Waals surface area contributed by atoms with E-state index in [1.807, 2.05) is 30.5 Å². The molecule has 0 saturated heterocycles. The highest BCUT2D eigenvalue weighted by molar-refractivity contribution is 7.98. The van der Waals surface area contributed by atoms with Gasteiger partial charge in [0.2, 0.25) is 0 Å². The van der Waals surface area contributed by atoms with Crippen molar-refractivity contribution in [1.29, 1.82) is 0 Å². The number of carbonyl (C=O) groups excluding carboxylic acids is 2. The number of rotatable bonds is 4. The molecule has 4 rings (SSSR count). The van der Waals surface area contributed by atoms with Gasteiger partial charge in [-0.2, -0.15) is 13.2 Å². The Morgan fingerprint density at radius 1 is 1.15 bits per heavy atom. The molecule has 9 heteroatoms. The zero-order chi connectivity index (χ0) is 24.6. The summed E-state index contributed by atoms with van der Waals surface area (Å²) in [6.07, 6.45) is -0.842. The molecule has 2 aromatic rings. The summed E-state index contributed by atoms with van der Waals surface area (Å²) in [5, 5.41) is 5.73. The highest BCUT2D eigenvalue weighted by Crippen LogP contribution is 2.43. The molecule has 0 unspecified atom stereocenters. The smallest absolute Gasteiger partial charge is 0.362 e. The van der Waals surface area contributed by atoms with Gasteiger partial charge in [0.1, 0.15) is 0 Å². The van der Waals surface area contributed by atoms with Crippen LogP contribution in [0.4, 0.5) is 18.9 Å². The summed E-state index contributed by atoms with van der Waals surface area (Å²) in [6, 6.07) is 10.4. The summed E-state index contributed by atoms with van der Waals surface area (Å²) in [6.45, 7) is 1.73. The number of halogens is 4. The van der Waals surface area contributed by atoms with Crippen molar-refractivity contribution < 1.29 is 22.8 Å². The second-order valence-electron chi connectivity index (χ2n) is 8.19. The van der Waals surface area contributed by atoms with Crippen LogP contribution in [-0.4, -0.2) is 17.9 Å². The van der Waals surface area contributed by atoms with Crippen molar-refractivity contribution >= 4 is 40.7 Å². The molecule has 0 fully saturated rings. The zero-order valence-corrected chi connectivity index (χ0v) is 20.0. The van der Waals surface area contributed by atoms with Gasteiger partial charge in [-0.05, 0) is 61.9 Å². The Morgan fingerprint density at radius 3 is 2.50 bits per heavy atom. The molecule has 2 N–H and O–H groups in total. The number of ketones is 1. The van der Waals surface area contributed by atoms with E-state index in [1.54, 1.807) is 18.7 Å². The number of dihydropyridines is 1. The standard InChI is InChI=1S/C25H22ClF3N2O2S/c1-13-21(24(33)31-19-12-15(25(27,28)29)8-11-17(19)26)22(14-6-9-16(34-2)10-7-14)23-18(30-13)4-3-5-20(23)32/h6-12,22,30H,3-5H2,1-2H3,(H,31,33)/t22-/m1/s1. The molecule has 1 atom stereocenters.